The van der Waals surface area contributed by atoms with Gasteiger partial charge < -0.3 is 14.9 Å². The van der Waals surface area contributed by atoms with Crippen LogP contribution in [-0.2, 0) is 14.3 Å². The number of carbonyl (C=O) groups excluding carboxylic acids is 1. The van der Waals surface area contributed by atoms with E-state index in [2.05, 4.69) is 0 Å². The van der Waals surface area contributed by atoms with Crippen LogP contribution in [0.4, 0.5) is 0 Å². The fourth-order valence-electron chi connectivity index (χ4n) is 2.60. The highest BCUT2D eigenvalue weighted by atomic mass is 32.2. The standard InChI is InChI=1S/C12H15NO5S/c1-5(14)7-10(15)13-8(12(16)17)9(19-11(7)13)6-3-2-4-18-6/h5-7,11,14H,2-4H2,1H3,(H,16,17)/t5?,6-,7+,11-/m1/s1/i1D3,5D. The van der Waals surface area contributed by atoms with Crippen molar-refractivity contribution in [2.24, 2.45) is 5.92 Å². The average Bonchev–Trinajstić information content (AvgIpc) is 3.01. The fraction of sp³-hybridized carbons (Fsp3) is 0.667. The van der Waals surface area contributed by atoms with E-state index in [0.717, 1.165) is 23.1 Å². The van der Waals surface area contributed by atoms with Crippen LogP contribution in [0.15, 0.2) is 10.6 Å². The summed E-state index contributed by atoms with van der Waals surface area (Å²) >= 11 is 0.998. The Morgan fingerprint density at radius 1 is 1.74 bits per heavy atom. The van der Waals surface area contributed by atoms with Crippen molar-refractivity contribution in [1.29, 1.82) is 0 Å². The number of carbonyl (C=O) groups is 2. The Kier molecular flexibility index (Phi) is 2.13. The molecule has 7 heteroatoms. The lowest BCUT2D eigenvalue weighted by atomic mass is 9.92. The number of aliphatic hydroxyl groups is 1. The Hall–Kier alpha value is -1.05. The van der Waals surface area contributed by atoms with Crippen molar-refractivity contribution in [3.8, 4) is 0 Å². The van der Waals surface area contributed by atoms with Gasteiger partial charge in [-0.05, 0) is 19.7 Å². The minimum absolute atomic E-state index is 0.227. The van der Waals surface area contributed by atoms with Gasteiger partial charge in [-0.1, -0.05) is 11.8 Å². The monoisotopic (exact) mass is 289 g/mol. The zero-order chi connectivity index (χ0) is 17.2. The van der Waals surface area contributed by atoms with Gasteiger partial charge in [0.2, 0.25) is 5.91 Å². The lowest BCUT2D eigenvalue weighted by Gasteiger charge is -2.43. The normalized spacial score (nSPS) is 40.8. The summed E-state index contributed by atoms with van der Waals surface area (Å²) in [5.74, 6) is -3.67. The molecule has 2 saturated heterocycles. The van der Waals surface area contributed by atoms with Crippen LogP contribution in [0.5, 0.6) is 0 Å². The molecule has 0 spiro atoms. The SMILES string of the molecule is [2H]C([2H])([2H])C([2H])(O)[C@H]1C(=O)N2C(C(=O)O)=C([C@H]3CCCO3)S[C@H]12. The topological polar surface area (TPSA) is 87.1 Å². The zero-order valence-electron chi connectivity index (χ0n) is 13.8. The molecule has 4 atom stereocenters. The van der Waals surface area contributed by atoms with E-state index in [0.29, 0.717) is 17.9 Å². The van der Waals surface area contributed by atoms with Gasteiger partial charge in [0.25, 0.3) is 0 Å². The molecule has 3 heterocycles. The molecule has 0 saturated carbocycles. The van der Waals surface area contributed by atoms with Crippen molar-refractivity contribution < 1.29 is 30.0 Å². The van der Waals surface area contributed by atoms with Gasteiger partial charge in [-0.25, -0.2) is 4.79 Å². The molecule has 0 aliphatic carbocycles. The molecular weight excluding hydrogens is 270 g/mol. The third-order valence-corrected chi connectivity index (χ3v) is 4.92. The molecule has 1 unspecified atom stereocenters. The van der Waals surface area contributed by atoms with Gasteiger partial charge in [0.05, 0.1) is 19.5 Å². The zero-order valence-corrected chi connectivity index (χ0v) is 10.6. The van der Waals surface area contributed by atoms with Gasteiger partial charge in [-0.3, -0.25) is 9.69 Å². The Labute approximate surface area is 120 Å². The second kappa shape index (κ2) is 4.50. The molecule has 2 N–H and O–H groups in total. The highest BCUT2D eigenvalue weighted by Gasteiger charge is 2.58. The Morgan fingerprint density at radius 2 is 2.53 bits per heavy atom. The predicted octanol–water partition coefficient (Wildman–Crippen LogP) is 0.374. The lowest BCUT2D eigenvalue weighted by molar-refractivity contribution is -0.156. The minimum Gasteiger partial charge on any atom is -0.477 e. The summed E-state index contributed by atoms with van der Waals surface area (Å²) in [6.07, 6.45) is -2.03. The maximum absolute atomic E-state index is 12.3. The first-order chi connectivity index (χ1) is 10.6. The number of fused-ring (bicyclic) bond motifs is 1. The van der Waals surface area contributed by atoms with Crippen LogP contribution in [-0.4, -0.2) is 51.2 Å². The number of rotatable bonds is 3. The van der Waals surface area contributed by atoms with Crippen LogP contribution in [0.1, 0.15) is 25.2 Å². The quantitative estimate of drug-likeness (QED) is 0.730. The number of ether oxygens (including phenoxy) is 1. The molecule has 0 radical (unpaired) electrons. The van der Waals surface area contributed by atoms with E-state index in [9.17, 15) is 19.8 Å². The molecule has 3 aliphatic rings. The number of hydrogen-bond acceptors (Lipinski definition) is 5. The van der Waals surface area contributed by atoms with Gasteiger partial charge in [0.1, 0.15) is 11.1 Å². The van der Waals surface area contributed by atoms with Crippen molar-refractivity contribution in [2.75, 3.05) is 6.61 Å². The van der Waals surface area contributed by atoms with E-state index in [1.165, 1.54) is 0 Å². The number of carboxylic acids is 1. The number of β-lactam (4-membered cyclic amide) rings is 1. The molecule has 1 amide bonds. The summed E-state index contributed by atoms with van der Waals surface area (Å²) in [7, 11) is 0. The second-order valence-electron chi connectivity index (χ2n) is 4.60. The number of carboxylic acid groups (broad SMARTS) is 1. The van der Waals surface area contributed by atoms with Crippen molar-refractivity contribution in [2.45, 2.75) is 37.3 Å². The molecule has 0 bridgehead atoms. The summed E-state index contributed by atoms with van der Waals surface area (Å²) in [6.45, 7) is -2.59. The van der Waals surface area contributed by atoms with E-state index in [-0.39, 0.29) is 5.70 Å². The molecule has 19 heavy (non-hydrogen) atoms. The molecule has 2 fully saturated rings. The van der Waals surface area contributed by atoms with Gasteiger partial charge in [-0.15, -0.1) is 0 Å². The Morgan fingerprint density at radius 3 is 3.11 bits per heavy atom. The molecular formula is C12H15NO5S. The summed E-state index contributed by atoms with van der Waals surface area (Å²) in [4.78, 5) is 25.1. The highest BCUT2D eigenvalue weighted by molar-refractivity contribution is 8.04. The number of thioether (sulfide) groups is 1. The molecule has 6 nitrogen and oxygen atoms in total. The summed E-state index contributed by atoms with van der Waals surface area (Å²) in [5, 5.41) is 18.5. The fourth-order valence-corrected chi connectivity index (χ4v) is 4.19. The van der Waals surface area contributed by atoms with Crippen LogP contribution >= 0.6 is 11.8 Å². The van der Waals surface area contributed by atoms with Gasteiger partial charge in [0, 0.05) is 15.6 Å². The number of aliphatic carboxylic acids is 1. The molecule has 0 aromatic carbocycles. The van der Waals surface area contributed by atoms with E-state index < -0.39 is 42.2 Å². The summed E-state index contributed by atoms with van der Waals surface area (Å²) in [5.41, 5.74) is -0.227. The first kappa shape index (κ1) is 8.99. The van der Waals surface area contributed by atoms with Crippen molar-refractivity contribution in [3.63, 3.8) is 0 Å². The van der Waals surface area contributed by atoms with Gasteiger partial charge in [-0.2, -0.15) is 0 Å². The van der Waals surface area contributed by atoms with Crippen LogP contribution in [0.3, 0.4) is 0 Å². The van der Waals surface area contributed by atoms with Crippen LogP contribution in [0.2, 0.25) is 0 Å². The number of amides is 1. The molecule has 104 valence electrons. The van der Waals surface area contributed by atoms with Crippen LogP contribution in [0.25, 0.3) is 0 Å². The predicted molar refractivity (Wildman–Crippen MR) is 67.0 cm³/mol. The molecule has 3 aliphatic heterocycles. The summed E-state index contributed by atoms with van der Waals surface area (Å²) < 4.78 is 34.9. The van der Waals surface area contributed by atoms with Crippen molar-refractivity contribution in [3.05, 3.63) is 10.6 Å². The molecule has 3 rings (SSSR count). The first-order valence-electron chi connectivity index (χ1n) is 7.88. The maximum atomic E-state index is 12.3. The second-order valence-corrected chi connectivity index (χ2v) is 5.76. The summed E-state index contributed by atoms with van der Waals surface area (Å²) in [6, 6.07) is 0. The van der Waals surface area contributed by atoms with E-state index >= 15 is 0 Å². The molecule has 0 aromatic rings. The first-order valence-corrected chi connectivity index (χ1v) is 6.76. The van der Waals surface area contributed by atoms with Gasteiger partial charge in [0.15, 0.2) is 0 Å². The Bertz CT molecular complexity index is 599. The Balaban J connectivity index is 1.92. The molecule has 0 aromatic heterocycles. The average molecular weight is 289 g/mol. The highest BCUT2D eigenvalue weighted by Crippen LogP contribution is 2.52. The van der Waals surface area contributed by atoms with E-state index in [1.807, 2.05) is 0 Å². The maximum Gasteiger partial charge on any atom is 0.353 e. The minimum atomic E-state index is -3.07. The van der Waals surface area contributed by atoms with E-state index in [1.54, 1.807) is 0 Å². The number of hydrogen-bond donors (Lipinski definition) is 2. The van der Waals surface area contributed by atoms with Crippen LogP contribution < -0.4 is 0 Å². The lowest BCUT2D eigenvalue weighted by Crippen LogP contribution is -2.60. The largest absolute Gasteiger partial charge is 0.477 e. The smallest absolute Gasteiger partial charge is 0.353 e. The number of nitrogens with zero attached hydrogens (tertiary/aromatic N) is 1. The third-order valence-electron chi connectivity index (χ3n) is 3.48. The van der Waals surface area contributed by atoms with E-state index in [4.69, 9.17) is 10.2 Å². The third kappa shape index (κ3) is 1.79. The van der Waals surface area contributed by atoms with Gasteiger partial charge >= 0.3 is 5.97 Å². The van der Waals surface area contributed by atoms with Crippen molar-refractivity contribution >= 4 is 23.6 Å². The van der Waals surface area contributed by atoms with Crippen LogP contribution in [0, 0.1) is 5.92 Å². The van der Waals surface area contributed by atoms with Crippen molar-refractivity contribution in [1.82, 2.24) is 4.90 Å².